The Labute approximate surface area is 79.6 Å². The van der Waals surface area contributed by atoms with Crippen LogP contribution in [0.5, 0.6) is 0 Å². The average molecular weight is 173 g/mol. The third-order valence-electron chi connectivity index (χ3n) is 2.02. The Morgan fingerprint density at radius 3 is 2.62 bits per heavy atom. The lowest BCUT2D eigenvalue weighted by Crippen LogP contribution is -1.98. The van der Waals surface area contributed by atoms with Gasteiger partial charge in [-0.1, -0.05) is 23.8 Å². The first-order valence-corrected chi connectivity index (χ1v) is 4.44. The highest BCUT2D eigenvalue weighted by Gasteiger charge is 2.01. The second-order valence-corrected chi connectivity index (χ2v) is 3.23. The van der Waals surface area contributed by atoms with E-state index in [0.717, 1.165) is 11.1 Å². The molecule has 0 aromatic heterocycles. The number of hydrogen-bond donors (Lipinski definition) is 1. The lowest BCUT2D eigenvalue weighted by atomic mass is 10.0. The van der Waals surface area contributed by atoms with Crippen molar-refractivity contribution in [1.29, 1.82) is 5.41 Å². The van der Waals surface area contributed by atoms with Gasteiger partial charge in [0, 0.05) is 5.56 Å². The van der Waals surface area contributed by atoms with Crippen molar-refractivity contribution in [2.75, 3.05) is 0 Å². The van der Waals surface area contributed by atoms with Crippen LogP contribution < -0.4 is 0 Å². The fourth-order valence-corrected chi connectivity index (χ4v) is 1.28. The molecule has 1 heteroatoms. The molecule has 1 aromatic rings. The molecule has 1 aromatic carbocycles. The molecule has 0 bridgehead atoms. The maximum absolute atomic E-state index is 7.78. The van der Waals surface area contributed by atoms with Crippen LogP contribution in [0.4, 0.5) is 0 Å². The summed E-state index contributed by atoms with van der Waals surface area (Å²) in [7, 11) is 0. The molecule has 0 aliphatic rings. The van der Waals surface area contributed by atoms with Crippen molar-refractivity contribution in [2.24, 2.45) is 0 Å². The van der Waals surface area contributed by atoms with E-state index in [1.165, 1.54) is 5.56 Å². The van der Waals surface area contributed by atoms with E-state index < -0.39 is 0 Å². The van der Waals surface area contributed by atoms with E-state index >= 15 is 0 Å². The number of hydrogen-bond acceptors (Lipinski definition) is 1. The summed E-state index contributed by atoms with van der Waals surface area (Å²) in [5, 5.41) is 7.78. The van der Waals surface area contributed by atoms with Gasteiger partial charge in [0.2, 0.25) is 0 Å². The molecular weight excluding hydrogens is 158 g/mol. The minimum atomic E-state index is 0.587. The molecule has 0 radical (unpaired) electrons. The maximum atomic E-state index is 7.78. The Kier molecular flexibility index (Phi) is 3.02. The molecule has 0 atom stereocenters. The fraction of sp³-hybridized carbons (Fsp3) is 0.250. The van der Waals surface area contributed by atoms with E-state index in [9.17, 15) is 0 Å². The summed E-state index contributed by atoms with van der Waals surface area (Å²) in [6.07, 6.45) is 3.71. The molecule has 0 fully saturated rings. The van der Waals surface area contributed by atoms with Crippen LogP contribution in [0, 0.1) is 19.3 Å². The van der Waals surface area contributed by atoms with Crippen LogP contribution in [0.3, 0.4) is 0 Å². The molecule has 68 valence electrons. The molecule has 13 heavy (non-hydrogen) atoms. The molecule has 0 amide bonds. The molecule has 1 N–H and O–H groups in total. The lowest BCUT2D eigenvalue weighted by Gasteiger charge is -2.04. The van der Waals surface area contributed by atoms with Gasteiger partial charge in [-0.15, -0.1) is 0 Å². The standard InChI is InChI=1S/C12H15N/c1-4-5-12(13)11-8-9(2)6-7-10(11)3/h4-8,13H,1-3H3/b5-4-,13-12?. The summed E-state index contributed by atoms with van der Waals surface area (Å²) in [5.74, 6) is 0. The van der Waals surface area contributed by atoms with Gasteiger partial charge < -0.3 is 5.41 Å². The maximum Gasteiger partial charge on any atom is 0.0611 e. The Morgan fingerprint density at radius 1 is 1.31 bits per heavy atom. The predicted octanol–water partition coefficient (Wildman–Crippen LogP) is 3.25. The minimum absolute atomic E-state index is 0.587. The third-order valence-corrected chi connectivity index (χ3v) is 2.02. The van der Waals surface area contributed by atoms with Crippen molar-refractivity contribution in [3.63, 3.8) is 0 Å². The molecular formula is C12H15N. The lowest BCUT2D eigenvalue weighted by molar-refractivity contribution is 1.36. The molecule has 0 unspecified atom stereocenters. The summed E-state index contributed by atoms with van der Waals surface area (Å²) in [4.78, 5) is 0. The van der Waals surface area contributed by atoms with Gasteiger partial charge in [0.05, 0.1) is 5.71 Å². The van der Waals surface area contributed by atoms with Gasteiger partial charge >= 0.3 is 0 Å². The third kappa shape index (κ3) is 2.28. The van der Waals surface area contributed by atoms with Crippen molar-refractivity contribution in [1.82, 2.24) is 0 Å². The van der Waals surface area contributed by atoms with Gasteiger partial charge in [0.25, 0.3) is 0 Å². The zero-order chi connectivity index (χ0) is 9.84. The Balaban J connectivity index is 3.13. The van der Waals surface area contributed by atoms with Gasteiger partial charge in [-0.25, -0.2) is 0 Å². The Morgan fingerprint density at radius 2 is 2.00 bits per heavy atom. The number of allylic oxidation sites excluding steroid dienone is 2. The van der Waals surface area contributed by atoms with Crippen molar-refractivity contribution >= 4 is 5.71 Å². The zero-order valence-corrected chi connectivity index (χ0v) is 8.39. The van der Waals surface area contributed by atoms with Crippen molar-refractivity contribution in [2.45, 2.75) is 20.8 Å². The van der Waals surface area contributed by atoms with Crippen LogP contribution in [0.25, 0.3) is 0 Å². The molecule has 0 saturated heterocycles. The van der Waals surface area contributed by atoms with E-state index in [0.29, 0.717) is 5.71 Å². The van der Waals surface area contributed by atoms with Gasteiger partial charge in [-0.2, -0.15) is 0 Å². The van der Waals surface area contributed by atoms with Crippen LogP contribution in [-0.4, -0.2) is 5.71 Å². The van der Waals surface area contributed by atoms with Crippen molar-refractivity contribution < 1.29 is 0 Å². The molecule has 0 saturated carbocycles. The summed E-state index contributed by atoms with van der Waals surface area (Å²) < 4.78 is 0. The number of nitrogens with one attached hydrogen (secondary N) is 1. The summed E-state index contributed by atoms with van der Waals surface area (Å²) >= 11 is 0. The quantitative estimate of drug-likeness (QED) is 0.664. The van der Waals surface area contributed by atoms with Crippen LogP contribution in [0.1, 0.15) is 23.6 Å². The molecule has 0 aliphatic heterocycles. The van der Waals surface area contributed by atoms with E-state index in [4.69, 9.17) is 5.41 Å². The largest absolute Gasteiger partial charge is 0.300 e. The highest BCUT2D eigenvalue weighted by Crippen LogP contribution is 2.11. The molecule has 0 heterocycles. The van der Waals surface area contributed by atoms with Gasteiger partial charge in [0.1, 0.15) is 0 Å². The van der Waals surface area contributed by atoms with E-state index in [1.54, 1.807) is 0 Å². The summed E-state index contributed by atoms with van der Waals surface area (Å²) in [6.45, 7) is 6.01. The van der Waals surface area contributed by atoms with Gasteiger partial charge in [-0.05, 0) is 38.5 Å². The monoisotopic (exact) mass is 173 g/mol. The fourth-order valence-electron chi connectivity index (χ4n) is 1.28. The minimum Gasteiger partial charge on any atom is -0.300 e. The SMILES string of the molecule is C/C=C\C(=N)c1cc(C)ccc1C. The number of rotatable bonds is 2. The second-order valence-electron chi connectivity index (χ2n) is 3.23. The first-order valence-electron chi connectivity index (χ1n) is 4.44. The smallest absolute Gasteiger partial charge is 0.0611 e. The first kappa shape index (κ1) is 9.72. The van der Waals surface area contributed by atoms with E-state index in [1.807, 2.05) is 32.9 Å². The van der Waals surface area contributed by atoms with Gasteiger partial charge in [0.15, 0.2) is 0 Å². The van der Waals surface area contributed by atoms with Crippen molar-refractivity contribution in [3.8, 4) is 0 Å². The molecule has 1 nitrogen and oxygen atoms in total. The summed E-state index contributed by atoms with van der Waals surface area (Å²) in [6, 6.07) is 6.18. The molecule has 0 spiro atoms. The second kappa shape index (κ2) is 4.04. The van der Waals surface area contributed by atoms with Crippen LogP contribution in [0.2, 0.25) is 0 Å². The number of aryl methyl sites for hydroxylation is 2. The van der Waals surface area contributed by atoms with E-state index in [-0.39, 0.29) is 0 Å². The Hall–Kier alpha value is -1.37. The van der Waals surface area contributed by atoms with Crippen LogP contribution in [0.15, 0.2) is 30.4 Å². The van der Waals surface area contributed by atoms with Crippen LogP contribution in [-0.2, 0) is 0 Å². The topological polar surface area (TPSA) is 23.9 Å². The normalized spacial score (nSPS) is 10.7. The highest BCUT2D eigenvalue weighted by atomic mass is 14.4. The number of benzene rings is 1. The Bertz CT molecular complexity index is 348. The first-order chi connectivity index (χ1) is 6.15. The average Bonchev–Trinajstić information content (AvgIpc) is 2.09. The van der Waals surface area contributed by atoms with E-state index in [2.05, 4.69) is 18.2 Å². The molecule has 1 rings (SSSR count). The van der Waals surface area contributed by atoms with Gasteiger partial charge in [-0.3, -0.25) is 0 Å². The predicted molar refractivity (Wildman–Crippen MR) is 57.6 cm³/mol. The summed E-state index contributed by atoms with van der Waals surface area (Å²) in [5.41, 5.74) is 3.98. The van der Waals surface area contributed by atoms with Crippen molar-refractivity contribution in [3.05, 3.63) is 47.0 Å². The van der Waals surface area contributed by atoms with Crippen LogP contribution >= 0.6 is 0 Å². The zero-order valence-electron chi connectivity index (χ0n) is 8.39. The highest BCUT2D eigenvalue weighted by molar-refractivity contribution is 6.07. The molecule has 0 aliphatic carbocycles.